The van der Waals surface area contributed by atoms with Crippen LogP contribution in [0.15, 0.2) is 71.6 Å². The number of nitrogens with zero attached hydrogens (tertiary/aromatic N) is 1. The first kappa shape index (κ1) is 24.7. The molecule has 1 aliphatic carbocycles. The standard InChI is InChI=1S/C27H30ClNO4S/c1-2-33-27(30)22-13-11-20(12-14-22)18-29(19-24-9-5-6-10-26(24)28)34(31,32)25-16-15-21-7-3-4-8-23(21)17-25/h3-10,15-17,20,22H,2,11-14,18-19H2,1H3. The van der Waals surface area contributed by atoms with Crippen molar-refractivity contribution < 1.29 is 17.9 Å². The topological polar surface area (TPSA) is 63.7 Å². The third-order valence-electron chi connectivity index (χ3n) is 6.59. The van der Waals surface area contributed by atoms with Crippen LogP contribution >= 0.6 is 11.6 Å². The van der Waals surface area contributed by atoms with Gasteiger partial charge in [-0.3, -0.25) is 4.79 Å². The summed E-state index contributed by atoms with van der Waals surface area (Å²) in [4.78, 5) is 12.4. The molecule has 0 heterocycles. The molecular formula is C27H30ClNO4S. The number of sulfonamides is 1. The molecular weight excluding hydrogens is 470 g/mol. The van der Waals surface area contributed by atoms with Gasteiger partial charge in [0, 0.05) is 18.1 Å². The predicted molar refractivity (Wildman–Crippen MR) is 135 cm³/mol. The van der Waals surface area contributed by atoms with Crippen LogP contribution in [0.5, 0.6) is 0 Å². The van der Waals surface area contributed by atoms with Gasteiger partial charge in [0.15, 0.2) is 0 Å². The molecule has 180 valence electrons. The molecule has 34 heavy (non-hydrogen) atoms. The fourth-order valence-corrected chi connectivity index (χ4v) is 6.40. The third-order valence-corrected chi connectivity index (χ3v) is 8.77. The maximum Gasteiger partial charge on any atom is 0.308 e. The SMILES string of the molecule is CCOC(=O)C1CCC(CN(Cc2ccccc2Cl)S(=O)(=O)c2ccc3ccccc3c2)CC1. The van der Waals surface area contributed by atoms with Crippen molar-refractivity contribution >= 4 is 38.4 Å². The van der Waals surface area contributed by atoms with Crippen LogP contribution in [-0.2, 0) is 26.1 Å². The molecule has 1 aliphatic rings. The number of hydrogen-bond donors (Lipinski definition) is 0. The second kappa shape index (κ2) is 10.9. The Morgan fingerprint density at radius 3 is 2.35 bits per heavy atom. The molecule has 0 spiro atoms. The summed E-state index contributed by atoms with van der Waals surface area (Å²) >= 11 is 6.40. The number of carbonyl (C=O) groups is 1. The van der Waals surface area contributed by atoms with E-state index in [0.717, 1.165) is 42.0 Å². The maximum absolute atomic E-state index is 13.8. The Bertz CT molecular complexity index is 1250. The minimum absolute atomic E-state index is 0.0923. The quantitative estimate of drug-likeness (QED) is 0.354. The van der Waals surface area contributed by atoms with E-state index in [1.54, 1.807) is 22.5 Å². The highest BCUT2D eigenvalue weighted by Crippen LogP contribution is 2.33. The molecule has 1 fully saturated rings. The van der Waals surface area contributed by atoms with Gasteiger partial charge in [0.2, 0.25) is 10.0 Å². The van der Waals surface area contributed by atoms with Gasteiger partial charge in [-0.2, -0.15) is 4.31 Å². The van der Waals surface area contributed by atoms with E-state index in [1.807, 2.05) is 55.5 Å². The Kier molecular flexibility index (Phi) is 7.91. The summed E-state index contributed by atoms with van der Waals surface area (Å²) in [5.41, 5.74) is 0.772. The average Bonchev–Trinajstić information content (AvgIpc) is 2.85. The molecule has 5 nitrogen and oxygen atoms in total. The highest BCUT2D eigenvalue weighted by molar-refractivity contribution is 7.89. The van der Waals surface area contributed by atoms with Gasteiger partial charge in [0.25, 0.3) is 0 Å². The summed E-state index contributed by atoms with van der Waals surface area (Å²) in [7, 11) is -3.76. The van der Waals surface area contributed by atoms with Crippen LogP contribution in [0.2, 0.25) is 5.02 Å². The third kappa shape index (κ3) is 5.62. The molecule has 0 N–H and O–H groups in total. The molecule has 7 heteroatoms. The number of esters is 1. The van der Waals surface area contributed by atoms with Gasteiger partial charge < -0.3 is 4.74 Å². The van der Waals surface area contributed by atoms with Gasteiger partial charge in [0.05, 0.1) is 17.4 Å². The fourth-order valence-electron chi connectivity index (χ4n) is 4.67. The molecule has 0 amide bonds. The average molecular weight is 500 g/mol. The number of ether oxygens (including phenoxy) is 1. The van der Waals surface area contributed by atoms with Crippen molar-refractivity contribution in [3.8, 4) is 0 Å². The van der Waals surface area contributed by atoms with Crippen molar-refractivity contribution in [2.45, 2.75) is 44.0 Å². The maximum atomic E-state index is 13.8. The Labute approximate surface area is 206 Å². The first-order valence-electron chi connectivity index (χ1n) is 11.8. The van der Waals surface area contributed by atoms with Crippen LogP contribution in [0.25, 0.3) is 10.8 Å². The van der Waals surface area contributed by atoms with Crippen LogP contribution in [0.1, 0.15) is 38.2 Å². The highest BCUT2D eigenvalue weighted by Gasteiger charge is 2.32. The number of halogens is 1. The lowest BCUT2D eigenvalue weighted by atomic mass is 9.82. The molecule has 0 saturated heterocycles. The zero-order chi connectivity index (χ0) is 24.1. The molecule has 0 bridgehead atoms. The molecule has 4 rings (SSSR count). The zero-order valence-corrected chi connectivity index (χ0v) is 20.9. The minimum Gasteiger partial charge on any atom is -0.466 e. The van der Waals surface area contributed by atoms with Crippen molar-refractivity contribution in [1.82, 2.24) is 4.31 Å². The Morgan fingerprint density at radius 1 is 0.971 bits per heavy atom. The Hall–Kier alpha value is -2.41. The van der Waals surface area contributed by atoms with E-state index in [9.17, 15) is 13.2 Å². The lowest BCUT2D eigenvalue weighted by Gasteiger charge is -2.32. The summed E-state index contributed by atoms with van der Waals surface area (Å²) in [6, 6.07) is 20.3. The normalized spacial score (nSPS) is 18.8. The summed E-state index contributed by atoms with van der Waals surface area (Å²) in [5, 5.41) is 2.43. The van der Waals surface area contributed by atoms with E-state index in [-0.39, 0.29) is 29.2 Å². The van der Waals surface area contributed by atoms with Gasteiger partial charge in [-0.05, 0) is 73.1 Å². The minimum atomic E-state index is -3.76. The largest absolute Gasteiger partial charge is 0.466 e. The molecule has 0 radical (unpaired) electrons. The van der Waals surface area contributed by atoms with Crippen LogP contribution < -0.4 is 0 Å². The first-order chi connectivity index (χ1) is 16.4. The van der Waals surface area contributed by atoms with Crippen LogP contribution in [-0.4, -0.2) is 31.8 Å². The van der Waals surface area contributed by atoms with Gasteiger partial charge in [-0.15, -0.1) is 0 Å². The summed E-state index contributed by atoms with van der Waals surface area (Å²) < 4.78 is 34.4. The van der Waals surface area contributed by atoms with Crippen molar-refractivity contribution in [2.24, 2.45) is 11.8 Å². The monoisotopic (exact) mass is 499 g/mol. The Balaban J connectivity index is 1.59. The van der Waals surface area contributed by atoms with E-state index in [0.29, 0.717) is 18.2 Å². The van der Waals surface area contributed by atoms with Crippen molar-refractivity contribution in [2.75, 3.05) is 13.2 Å². The highest BCUT2D eigenvalue weighted by atomic mass is 35.5. The lowest BCUT2D eigenvalue weighted by molar-refractivity contribution is -0.149. The molecule has 1 saturated carbocycles. The molecule has 3 aromatic carbocycles. The summed E-state index contributed by atoms with van der Waals surface area (Å²) in [6.45, 7) is 2.78. The Morgan fingerprint density at radius 2 is 1.65 bits per heavy atom. The molecule has 0 unspecified atom stereocenters. The van der Waals surface area contributed by atoms with Gasteiger partial charge in [-0.1, -0.05) is 60.1 Å². The second-order valence-corrected chi connectivity index (χ2v) is 11.2. The summed E-state index contributed by atoms with van der Waals surface area (Å²) in [6.07, 6.45) is 3.02. The van der Waals surface area contributed by atoms with Crippen LogP contribution in [0, 0.1) is 11.8 Å². The lowest BCUT2D eigenvalue weighted by Crippen LogP contribution is -2.37. The van der Waals surface area contributed by atoms with Gasteiger partial charge in [-0.25, -0.2) is 8.42 Å². The molecule has 0 atom stereocenters. The number of rotatable bonds is 8. The molecule has 0 aliphatic heterocycles. The van der Waals surface area contributed by atoms with Crippen molar-refractivity contribution in [1.29, 1.82) is 0 Å². The van der Waals surface area contributed by atoms with Gasteiger partial charge >= 0.3 is 5.97 Å². The number of benzene rings is 3. The summed E-state index contributed by atoms with van der Waals surface area (Å²) in [5.74, 6) is -0.0635. The molecule has 0 aromatic heterocycles. The van der Waals surface area contributed by atoms with Crippen molar-refractivity contribution in [3.63, 3.8) is 0 Å². The van der Waals surface area contributed by atoms with E-state index < -0.39 is 10.0 Å². The van der Waals surface area contributed by atoms with E-state index in [4.69, 9.17) is 16.3 Å². The second-order valence-electron chi connectivity index (χ2n) is 8.87. The predicted octanol–water partition coefficient (Wildman–Crippen LogP) is 6.05. The number of carbonyl (C=O) groups excluding carboxylic acids is 1. The van der Waals surface area contributed by atoms with E-state index >= 15 is 0 Å². The number of fused-ring (bicyclic) bond motifs is 1. The van der Waals surface area contributed by atoms with Crippen molar-refractivity contribution in [3.05, 3.63) is 77.3 Å². The van der Waals surface area contributed by atoms with E-state index in [2.05, 4.69) is 0 Å². The fraction of sp³-hybridized carbons (Fsp3) is 0.370. The number of hydrogen-bond acceptors (Lipinski definition) is 4. The van der Waals surface area contributed by atoms with Crippen LogP contribution in [0.4, 0.5) is 0 Å². The first-order valence-corrected chi connectivity index (χ1v) is 13.6. The van der Waals surface area contributed by atoms with Gasteiger partial charge in [0.1, 0.15) is 0 Å². The smallest absolute Gasteiger partial charge is 0.308 e. The van der Waals surface area contributed by atoms with E-state index in [1.165, 1.54) is 0 Å². The molecule has 3 aromatic rings. The van der Waals surface area contributed by atoms with Crippen LogP contribution in [0.3, 0.4) is 0 Å². The zero-order valence-electron chi connectivity index (χ0n) is 19.3.